The third-order valence-corrected chi connectivity index (χ3v) is 3.66. The van der Waals surface area contributed by atoms with Crippen LogP contribution >= 0.6 is 0 Å². The molecule has 88 valence electrons. The Kier molecular flexibility index (Phi) is 3.53. The Bertz CT molecular complexity index is 435. The van der Waals surface area contributed by atoms with Crippen LogP contribution in [0.25, 0.3) is 0 Å². The van der Waals surface area contributed by atoms with Gasteiger partial charge in [-0.15, -0.1) is 0 Å². The number of nitrogens with zero attached hydrogens (tertiary/aromatic N) is 2. The van der Waals surface area contributed by atoms with Crippen molar-refractivity contribution in [2.45, 2.75) is 32.1 Å². The molecule has 1 aliphatic rings. The SMILES string of the molecule is CC1CCCC1C(=O)C(C#N)c1cccnc1. The average molecular weight is 228 g/mol. The van der Waals surface area contributed by atoms with Gasteiger partial charge in [0.05, 0.1) is 6.07 Å². The maximum absolute atomic E-state index is 12.3. The molecule has 17 heavy (non-hydrogen) atoms. The van der Waals surface area contributed by atoms with Crippen molar-refractivity contribution in [3.8, 4) is 6.07 Å². The first kappa shape index (κ1) is 11.8. The van der Waals surface area contributed by atoms with E-state index in [4.69, 9.17) is 0 Å². The van der Waals surface area contributed by atoms with Gasteiger partial charge in [0.15, 0.2) is 5.78 Å². The largest absolute Gasteiger partial charge is 0.298 e. The van der Waals surface area contributed by atoms with Gasteiger partial charge in [-0.2, -0.15) is 5.26 Å². The fraction of sp³-hybridized carbons (Fsp3) is 0.500. The number of carbonyl (C=O) groups excluding carboxylic acids is 1. The van der Waals surface area contributed by atoms with Crippen LogP contribution in [0.2, 0.25) is 0 Å². The molecule has 0 N–H and O–H groups in total. The lowest BCUT2D eigenvalue weighted by molar-refractivity contribution is -0.124. The molecule has 1 saturated carbocycles. The van der Waals surface area contributed by atoms with Gasteiger partial charge in [-0.25, -0.2) is 0 Å². The molecule has 3 unspecified atom stereocenters. The summed E-state index contributed by atoms with van der Waals surface area (Å²) < 4.78 is 0. The van der Waals surface area contributed by atoms with Gasteiger partial charge in [-0.3, -0.25) is 9.78 Å². The topological polar surface area (TPSA) is 53.8 Å². The summed E-state index contributed by atoms with van der Waals surface area (Å²) in [7, 11) is 0. The predicted octanol–water partition coefficient (Wildman–Crippen LogP) is 2.69. The summed E-state index contributed by atoms with van der Waals surface area (Å²) in [6.07, 6.45) is 6.40. The molecule has 2 rings (SSSR count). The number of carbonyl (C=O) groups is 1. The summed E-state index contributed by atoms with van der Waals surface area (Å²) in [5.41, 5.74) is 0.721. The maximum atomic E-state index is 12.3. The summed E-state index contributed by atoms with van der Waals surface area (Å²) in [6.45, 7) is 2.10. The molecule has 0 radical (unpaired) electrons. The lowest BCUT2D eigenvalue weighted by atomic mass is 9.84. The quantitative estimate of drug-likeness (QED) is 0.799. The average Bonchev–Trinajstić information content (AvgIpc) is 2.77. The van der Waals surface area contributed by atoms with Gasteiger partial charge in [0.1, 0.15) is 5.92 Å². The summed E-state index contributed by atoms with van der Waals surface area (Å²) in [5.74, 6) is -0.102. The summed E-state index contributed by atoms with van der Waals surface area (Å²) >= 11 is 0. The molecule has 3 heteroatoms. The van der Waals surface area contributed by atoms with E-state index in [0.717, 1.165) is 24.8 Å². The first-order chi connectivity index (χ1) is 8.24. The van der Waals surface area contributed by atoms with E-state index in [1.54, 1.807) is 24.5 Å². The number of aromatic nitrogens is 1. The normalized spacial score (nSPS) is 25.2. The number of rotatable bonds is 3. The molecule has 0 bridgehead atoms. The van der Waals surface area contributed by atoms with Crippen LogP contribution in [0.1, 0.15) is 37.7 Å². The molecule has 1 fully saturated rings. The highest BCUT2D eigenvalue weighted by molar-refractivity contribution is 5.90. The van der Waals surface area contributed by atoms with E-state index in [0.29, 0.717) is 5.92 Å². The molecule has 1 aliphatic carbocycles. The molecular formula is C14H16N2O. The van der Waals surface area contributed by atoms with Crippen molar-refractivity contribution < 1.29 is 4.79 Å². The van der Waals surface area contributed by atoms with E-state index in [-0.39, 0.29) is 11.7 Å². The Hall–Kier alpha value is -1.69. The lowest BCUT2D eigenvalue weighted by Crippen LogP contribution is -2.23. The Balaban J connectivity index is 2.20. The minimum atomic E-state index is -0.644. The fourth-order valence-corrected chi connectivity index (χ4v) is 2.63. The van der Waals surface area contributed by atoms with Gasteiger partial charge in [-0.05, 0) is 30.4 Å². The second-order valence-corrected chi connectivity index (χ2v) is 4.77. The van der Waals surface area contributed by atoms with Crippen molar-refractivity contribution in [2.24, 2.45) is 11.8 Å². The first-order valence-corrected chi connectivity index (χ1v) is 6.07. The number of hydrogen-bond donors (Lipinski definition) is 0. The molecule has 3 atom stereocenters. The molecule has 1 aromatic heterocycles. The smallest absolute Gasteiger partial charge is 0.157 e. The lowest BCUT2D eigenvalue weighted by Gasteiger charge is -2.17. The number of ketones is 1. The number of Topliss-reactive ketones (excluding diaryl/α,β-unsaturated/α-hetero) is 1. The minimum absolute atomic E-state index is 0.0554. The molecule has 0 amide bonds. The van der Waals surface area contributed by atoms with Gasteiger partial charge in [0.2, 0.25) is 0 Å². The molecule has 0 saturated heterocycles. The van der Waals surface area contributed by atoms with Crippen LogP contribution in [0.4, 0.5) is 0 Å². The van der Waals surface area contributed by atoms with Crippen LogP contribution in [0.15, 0.2) is 24.5 Å². The third-order valence-electron chi connectivity index (χ3n) is 3.66. The Morgan fingerprint density at radius 2 is 2.41 bits per heavy atom. The second kappa shape index (κ2) is 5.09. The predicted molar refractivity (Wildman–Crippen MR) is 64.1 cm³/mol. The molecule has 0 spiro atoms. The molecule has 3 nitrogen and oxygen atoms in total. The van der Waals surface area contributed by atoms with Crippen LogP contribution in [-0.4, -0.2) is 10.8 Å². The highest BCUT2D eigenvalue weighted by atomic mass is 16.1. The maximum Gasteiger partial charge on any atom is 0.157 e. The molecule has 1 aromatic rings. The monoisotopic (exact) mass is 228 g/mol. The first-order valence-electron chi connectivity index (χ1n) is 6.07. The number of hydrogen-bond acceptors (Lipinski definition) is 3. The van der Waals surface area contributed by atoms with E-state index in [9.17, 15) is 10.1 Å². The molecule has 0 aromatic carbocycles. The standard InChI is InChI=1S/C14H16N2O/c1-10-4-2-6-12(10)14(17)13(8-15)11-5-3-7-16-9-11/h3,5,7,9-10,12-13H,2,4,6H2,1H3. The Morgan fingerprint density at radius 3 is 2.94 bits per heavy atom. The molecule has 1 heterocycles. The zero-order chi connectivity index (χ0) is 12.3. The summed E-state index contributed by atoms with van der Waals surface area (Å²) in [6, 6.07) is 5.70. The summed E-state index contributed by atoms with van der Waals surface area (Å²) in [4.78, 5) is 16.3. The Morgan fingerprint density at radius 1 is 1.59 bits per heavy atom. The van der Waals surface area contributed by atoms with Crippen molar-refractivity contribution in [2.75, 3.05) is 0 Å². The van der Waals surface area contributed by atoms with Crippen LogP contribution in [0.3, 0.4) is 0 Å². The van der Waals surface area contributed by atoms with Crippen LogP contribution in [0.5, 0.6) is 0 Å². The van der Waals surface area contributed by atoms with Crippen molar-refractivity contribution >= 4 is 5.78 Å². The fourth-order valence-electron chi connectivity index (χ4n) is 2.63. The zero-order valence-corrected chi connectivity index (χ0v) is 9.97. The van der Waals surface area contributed by atoms with E-state index in [1.807, 2.05) is 0 Å². The van der Waals surface area contributed by atoms with Crippen molar-refractivity contribution in [1.82, 2.24) is 4.98 Å². The van der Waals surface area contributed by atoms with E-state index >= 15 is 0 Å². The molecular weight excluding hydrogens is 212 g/mol. The minimum Gasteiger partial charge on any atom is -0.298 e. The van der Waals surface area contributed by atoms with Crippen molar-refractivity contribution in [3.63, 3.8) is 0 Å². The summed E-state index contributed by atoms with van der Waals surface area (Å²) in [5, 5.41) is 9.20. The van der Waals surface area contributed by atoms with E-state index in [1.165, 1.54) is 0 Å². The Labute approximate surface area is 101 Å². The van der Waals surface area contributed by atoms with Gasteiger partial charge in [0, 0.05) is 18.3 Å². The van der Waals surface area contributed by atoms with Crippen LogP contribution in [-0.2, 0) is 4.79 Å². The second-order valence-electron chi connectivity index (χ2n) is 4.77. The highest BCUT2D eigenvalue weighted by Gasteiger charge is 2.34. The van der Waals surface area contributed by atoms with E-state index in [2.05, 4.69) is 18.0 Å². The van der Waals surface area contributed by atoms with Gasteiger partial charge in [0.25, 0.3) is 0 Å². The van der Waals surface area contributed by atoms with Crippen molar-refractivity contribution in [1.29, 1.82) is 5.26 Å². The van der Waals surface area contributed by atoms with Crippen LogP contribution in [0, 0.1) is 23.2 Å². The third kappa shape index (κ3) is 2.36. The van der Waals surface area contributed by atoms with E-state index < -0.39 is 5.92 Å². The van der Waals surface area contributed by atoms with Gasteiger partial charge < -0.3 is 0 Å². The van der Waals surface area contributed by atoms with Crippen molar-refractivity contribution in [3.05, 3.63) is 30.1 Å². The number of pyridine rings is 1. The van der Waals surface area contributed by atoms with Gasteiger partial charge in [-0.1, -0.05) is 19.4 Å². The number of nitriles is 1. The zero-order valence-electron chi connectivity index (χ0n) is 9.97. The van der Waals surface area contributed by atoms with Gasteiger partial charge >= 0.3 is 0 Å². The highest BCUT2D eigenvalue weighted by Crippen LogP contribution is 2.35. The molecule has 0 aliphatic heterocycles. The van der Waals surface area contributed by atoms with Crippen LogP contribution < -0.4 is 0 Å².